The van der Waals surface area contributed by atoms with Gasteiger partial charge in [-0.15, -0.1) is 0 Å². The van der Waals surface area contributed by atoms with Gasteiger partial charge in [-0.1, -0.05) is 6.92 Å². The third-order valence-corrected chi connectivity index (χ3v) is 3.37. The highest BCUT2D eigenvalue weighted by Crippen LogP contribution is 2.32. The largest absolute Gasteiger partial charge is 0.416 e. The van der Waals surface area contributed by atoms with Crippen LogP contribution in [0.3, 0.4) is 0 Å². The fourth-order valence-corrected chi connectivity index (χ4v) is 2.19. The number of alkyl halides is 3. The molecule has 2 rings (SSSR count). The Labute approximate surface area is 113 Å². The lowest BCUT2D eigenvalue weighted by Crippen LogP contribution is -2.39. The van der Waals surface area contributed by atoms with E-state index < -0.39 is 35.2 Å². The van der Waals surface area contributed by atoms with E-state index in [2.05, 4.69) is 10.6 Å². The van der Waals surface area contributed by atoms with Crippen molar-refractivity contribution >= 4 is 11.6 Å². The lowest BCUT2D eigenvalue weighted by Gasteiger charge is -2.16. The summed E-state index contributed by atoms with van der Waals surface area (Å²) >= 11 is 0. The van der Waals surface area contributed by atoms with Gasteiger partial charge in [0.05, 0.1) is 17.3 Å². The van der Waals surface area contributed by atoms with E-state index in [1.54, 1.807) is 0 Å². The third-order valence-electron chi connectivity index (χ3n) is 3.37. The highest BCUT2D eigenvalue weighted by Gasteiger charge is 2.33. The molecule has 1 saturated heterocycles. The molecule has 0 aliphatic carbocycles. The zero-order chi connectivity index (χ0) is 14.9. The van der Waals surface area contributed by atoms with E-state index in [1.807, 2.05) is 6.92 Å². The lowest BCUT2D eigenvalue weighted by molar-refractivity contribution is -0.137. The summed E-state index contributed by atoms with van der Waals surface area (Å²) in [5, 5.41) is 5.15. The molecule has 0 radical (unpaired) electrons. The van der Waals surface area contributed by atoms with E-state index in [0.29, 0.717) is 24.7 Å². The van der Waals surface area contributed by atoms with Gasteiger partial charge in [0.2, 0.25) is 5.91 Å². The monoisotopic (exact) mass is 290 g/mol. The van der Waals surface area contributed by atoms with Crippen LogP contribution in [0.25, 0.3) is 0 Å². The molecule has 0 spiro atoms. The van der Waals surface area contributed by atoms with Crippen LogP contribution in [0, 0.1) is 11.7 Å². The summed E-state index contributed by atoms with van der Waals surface area (Å²) in [6, 6.07) is 1.43. The molecule has 7 heteroatoms. The molecular formula is C13H14F4N2O. The number of anilines is 1. The summed E-state index contributed by atoms with van der Waals surface area (Å²) in [7, 11) is 0. The summed E-state index contributed by atoms with van der Waals surface area (Å²) in [6.45, 7) is 2.51. The maximum atomic E-state index is 13.5. The van der Waals surface area contributed by atoms with Gasteiger partial charge in [0.25, 0.3) is 0 Å². The molecule has 1 aromatic carbocycles. The third kappa shape index (κ3) is 3.09. The number of hydrogen-bond donors (Lipinski definition) is 2. The molecule has 0 saturated carbocycles. The van der Waals surface area contributed by atoms with Crippen LogP contribution in [0.4, 0.5) is 23.2 Å². The minimum absolute atomic E-state index is 0.0591. The van der Waals surface area contributed by atoms with Gasteiger partial charge in [-0.05, 0) is 37.1 Å². The number of carbonyl (C=O) groups is 1. The smallest absolute Gasteiger partial charge is 0.322 e. The fourth-order valence-electron chi connectivity index (χ4n) is 2.19. The lowest BCUT2D eigenvalue weighted by atomic mass is 10.0. The standard InChI is InChI=1S/C13H14F4N2O/c1-7-4-5-18-11(7)12(20)19-10-6-8(13(15,16)17)2-3-9(10)14/h2-3,6-7,11,18H,4-5H2,1H3,(H,19,20). The highest BCUT2D eigenvalue weighted by molar-refractivity contribution is 5.95. The van der Waals surface area contributed by atoms with Crippen LogP contribution < -0.4 is 10.6 Å². The molecule has 110 valence electrons. The van der Waals surface area contributed by atoms with Crippen LogP contribution >= 0.6 is 0 Å². The molecule has 1 aliphatic rings. The Kier molecular flexibility index (Phi) is 3.99. The molecule has 1 fully saturated rings. The topological polar surface area (TPSA) is 41.1 Å². The van der Waals surface area contributed by atoms with Crippen molar-refractivity contribution in [3.63, 3.8) is 0 Å². The van der Waals surface area contributed by atoms with Crippen LogP contribution in [0.1, 0.15) is 18.9 Å². The Morgan fingerprint density at radius 2 is 2.10 bits per heavy atom. The zero-order valence-corrected chi connectivity index (χ0v) is 10.7. The van der Waals surface area contributed by atoms with Crippen molar-refractivity contribution in [2.75, 3.05) is 11.9 Å². The molecule has 3 nitrogen and oxygen atoms in total. The van der Waals surface area contributed by atoms with E-state index in [-0.39, 0.29) is 5.92 Å². The van der Waals surface area contributed by atoms with Gasteiger partial charge in [-0.3, -0.25) is 4.79 Å². The fraction of sp³-hybridized carbons (Fsp3) is 0.462. The summed E-state index contributed by atoms with van der Waals surface area (Å²) in [5.41, 5.74) is -1.45. The maximum Gasteiger partial charge on any atom is 0.416 e. The van der Waals surface area contributed by atoms with Gasteiger partial charge in [0.15, 0.2) is 0 Å². The van der Waals surface area contributed by atoms with Crippen LogP contribution in [0.15, 0.2) is 18.2 Å². The first-order valence-electron chi connectivity index (χ1n) is 6.20. The molecule has 1 amide bonds. The van der Waals surface area contributed by atoms with Gasteiger partial charge in [-0.25, -0.2) is 4.39 Å². The summed E-state index contributed by atoms with van der Waals surface area (Å²) in [4.78, 5) is 11.9. The summed E-state index contributed by atoms with van der Waals surface area (Å²) in [5.74, 6) is -1.35. The number of benzene rings is 1. The second-order valence-electron chi connectivity index (χ2n) is 4.88. The second kappa shape index (κ2) is 5.40. The van der Waals surface area contributed by atoms with Crippen molar-refractivity contribution in [3.05, 3.63) is 29.6 Å². The van der Waals surface area contributed by atoms with E-state index in [1.165, 1.54) is 0 Å². The van der Waals surface area contributed by atoms with Gasteiger partial charge in [0.1, 0.15) is 5.82 Å². The predicted octanol–water partition coefficient (Wildman–Crippen LogP) is 2.78. The van der Waals surface area contributed by atoms with Crippen molar-refractivity contribution in [1.29, 1.82) is 0 Å². The number of hydrogen-bond acceptors (Lipinski definition) is 2. The number of nitrogens with one attached hydrogen (secondary N) is 2. The van der Waals surface area contributed by atoms with Gasteiger partial charge in [0, 0.05) is 0 Å². The number of halogens is 4. The molecule has 0 bridgehead atoms. The van der Waals surface area contributed by atoms with Crippen molar-refractivity contribution in [2.45, 2.75) is 25.6 Å². The molecule has 1 aromatic rings. The summed E-state index contributed by atoms with van der Waals surface area (Å²) < 4.78 is 51.2. The average molecular weight is 290 g/mol. The molecule has 0 aromatic heterocycles. The maximum absolute atomic E-state index is 13.5. The molecule has 20 heavy (non-hydrogen) atoms. The first-order valence-corrected chi connectivity index (χ1v) is 6.20. The molecular weight excluding hydrogens is 276 g/mol. The van der Waals surface area contributed by atoms with Gasteiger partial charge in [-0.2, -0.15) is 13.2 Å². The Bertz CT molecular complexity index is 516. The van der Waals surface area contributed by atoms with Gasteiger partial charge < -0.3 is 10.6 Å². The van der Waals surface area contributed by atoms with Crippen molar-refractivity contribution in [3.8, 4) is 0 Å². The van der Waals surface area contributed by atoms with Crippen molar-refractivity contribution < 1.29 is 22.4 Å². The minimum atomic E-state index is -4.58. The molecule has 2 atom stereocenters. The first-order chi connectivity index (χ1) is 9.29. The Morgan fingerprint density at radius 3 is 2.65 bits per heavy atom. The highest BCUT2D eigenvalue weighted by atomic mass is 19.4. The average Bonchev–Trinajstić information content (AvgIpc) is 2.77. The minimum Gasteiger partial charge on any atom is -0.322 e. The van der Waals surface area contributed by atoms with E-state index in [9.17, 15) is 22.4 Å². The normalized spacial score (nSPS) is 22.9. The quantitative estimate of drug-likeness (QED) is 0.822. The number of amides is 1. The number of carbonyl (C=O) groups excluding carboxylic acids is 1. The predicted molar refractivity (Wildman–Crippen MR) is 65.6 cm³/mol. The Hall–Kier alpha value is -1.63. The van der Waals surface area contributed by atoms with Crippen LogP contribution in [0.5, 0.6) is 0 Å². The van der Waals surface area contributed by atoms with Crippen molar-refractivity contribution in [1.82, 2.24) is 5.32 Å². The second-order valence-corrected chi connectivity index (χ2v) is 4.88. The van der Waals surface area contributed by atoms with E-state index in [0.717, 1.165) is 6.42 Å². The molecule has 1 heterocycles. The van der Waals surface area contributed by atoms with Crippen molar-refractivity contribution in [2.24, 2.45) is 5.92 Å². The van der Waals surface area contributed by atoms with Crippen LogP contribution in [0.2, 0.25) is 0 Å². The SMILES string of the molecule is CC1CCNC1C(=O)Nc1cc(C(F)(F)F)ccc1F. The summed E-state index contributed by atoms with van der Waals surface area (Å²) in [6.07, 6.45) is -3.78. The Balaban J connectivity index is 2.18. The first kappa shape index (κ1) is 14.8. The molecule has 2 unspecified atom stereocenters. The zero-order valence-electron chi connectivity index (χ0n) is 10.7. The molecule has 1 aliphatic heterocycles. The van der Waals surface area contributed by atoms with E-state index >= 15 is 0 Å². The van der Waals surface area contributed by atoms with Crippen LogP contribution in [-0.2, 0) is 11.0 Å². The van der Waals surface area contributed by atoms with Gasteiger partial charge >= 0.3 is 6.18 Å². The molecule has 2 N–H and O–H groups in total. The number of rotatable bonds is 2. The van der Waals surface area contributed by atoms with E-state index in [4.69, 9.17) is 0 Å². The van der Waals surface area contributed by atoms with Crippen LogP contribution in [-0.4, -0.2) is 18.5 Å². The Morgan fingerprint density at radius 1 is 1.40 bits per heavy atom.